The molecule has 6 heteroatoms. The minimum atomic E-state index is 0.0189. The molecule has 1 aromatic heterocycles. The lowest BCUT2D eigenvalue weighted by atomic mass is 10.3. The molecule has 0 radical (unpaired) electrons. The standard InChI is InChI=1S/C14H25N5O/c1-2-18-10-6-16-13(14(18)20)19-9-4-8-17(11-12-19)7-3-5-15/h6,10H,2-5,7-9,11-12,15H2,1H3. The maximum atomic E-state index is 12.3. The Morgan fingerprint density at radius 2 is 2.15 bits per heavy atom. The molecule has 1 aliphatic heterocycles. The third kappa shape index (κ3) is 3.58. The maximum Gasteiger partial charge on any atom is 0.293 e. The summed E-state index contributed by atoms with van der Waals surface area (Å²) in [6.07, 6.45) is 5.56. The van der Waals surface area contributed by atoms with Gasteiger partial charge in [0.05, 0.1) is 0 Å². The van der Waals surface area contributed by atoms with Gasteiger partial charge in [-0.15, -0.1) is 0 Å². The summed E-state index contributed by atoms with van der Waals surface area (Å²) in [4.78, 5) is 21.1. The average molecular weight is 279 g/mol. The quantitative estimate of drug-likeness (QED) is 0.829. The highest BCUT2D eigenvalue weighted by molar-refractivity contribution is 5.35. The monoisotopic (exact) mass is 279 g/mol. The summed E-state index contributed by atoms with van der Waals surface area (Å²) in [6.45, 7) is 8.25. The predicted molar refractivity (Wildman–Crippen MR) is 81.1 cm³/mol. The van der Waals surface area contributed by atoms with Crippen LogP contribution in [-0.4, -0.2) is 53.7 Å². The molecule has 1 aromatic rings. The Morgan fingerprint density at radius 3 is 2.90 bits per heavy atom. The van der Waals surface area contributed by atoms with Gasteiger partial charge in [-0.25, -0.2) is 4.98 Å². The molecule has 0 bridgehead atoms. The van der Waals surface area contributed by atoms with Gasteiger partial charge in [0.2, 0.25) is 0 Å². The summed E-state index contributed by atoms with van der Waals surface area (Å²) in [7, 11) is 0. The van der Waals surface area contributed by atoms with Crippen molar-refractivity contribution in [3.05, 3.63) is 22.7 Å². The maximum absolute atomic E-state index is 12.3. The van der Waals surface area contributed by atoms with Gasteiger partial charge in [0.15, 0.2) is 5.82 Å². The van der Waals surface area contributed by atoms with Crippen LogP contribution in [0.3, 0.4) is 0 Å². The first-order valence-electron chi connectivity index (χ1n) is 7.49. The van der Waals surface area contributed by atoms with E-state index < -0.39 is 0 Å². The van der Waals surface area contributed by atoms with Gasteiger partial charge >= 0.3 is 0 Å². The Kier molecular flexibility index (Phi) is 5.55. The molecule has 0 aliphatic carbocycles. The molecule has 6 nitrogen and oxygen atoms in total. The number of rotatable bonds is 5. The van der Waals surface area contributed by atoms with Gasteiger partial charge in [-0.1, -0.05) is 0 Å². The summed E-state index contributed by atoms with van der Waals surface area (Å²) >= 11 is 0. The summed E-state index contributed by atoms with van der Waals surface area (Å²) in [5, 5.41) is 0. The Morgan fingerprint density at radius 1 is 1.30 bits per heavy atom. The van der Waals surface area contributed by atoms with Crippen LogP contribution in [0.5, 0.6) is 0 Å². The lowest BCUT2D eigenvalue weighted by molar-refractivity contribution is 0.291. The van der Waals surface area contributed by atoms with Crippen LogP contribution < -0.4 is 16.2 Å². The summed E-state index contributed by atoms with van der Waals surface area (Å²) in [5.41, 5.74) is 5.58. The van der Waals surface area contributed by atoms with Gasteiger partial charge in [-0.2, -0.15) is 0 Å². The molecule has 20 heavy (non-hydrogen) atoms. The zero-order valence-electron chi connectivity index (χ0n) is 12.3. The molecular weight excluding hydrogens is 254 g/mol. The van der Waals surface area contributed by atoms with E-state index in [4.69, 9.17) is 5.73 Å². The first-order valence-corrected chi connectivity index (χ1v) is 7.49. The molecule has 0 amide bonds. The van der Waals surface area contributed by atoms with Crippen LogP contribution in [0, 0.1) is 0 Å². The second-order valence-electron chi connectivity index (χ2n) is 5.17. The topological polar surface area (TPSA) is 67.4 Å². The Labute approximate surface area is 120 Å². The Hall–Kier alpha value is -1.40. The van der Waals surface area contributed by atoms with Crippen LogP contribution >= 0.6 is 0 Å². The van der Waals surface area contributed by atoms with Crippen molar-refractivity contribution >= 4 is 5.82 Å². The number of nitrogens with zero attached hydrogens (tertiary/aromatic N) is 4. The fraction of sp³-hybridized carbons (Fsp3) is 0.714. The third-order valence-electron chi connectivity index (χ3n) is 3.80. The lowest BCUT2D eigenvalue weighted by Crippen LogP contribution is -2.36. The van der Waals surface area contributed by atoms with Crippen molar-refractivity contribution in [2.75, 3.05) is 44.2 Å². The molecule has 0 atom stereocenters. The van der Waals surface area contributed by atoms with Crippen LogP contribution in [0.1, 0.15) is 19.8 Å². The zero-order valence-corrected chi connectivity index (χ0v) is 12.3. The molecule has 0 unspecified atom stereocenters. The minimum absolute atomic E-state index is 0.0189. The van der Waals surface area contributed by atoms with E-state index in [-0.39, 0.29) is 5.56 Å². The van der Waals surface area contributed by atoms with Crippen molar-refractivity contribution in [1.29, 1.82) is 0 Å². The van der Waals surface area contributed by atoms with Crippen molar-refractivity contribution in [2.45, 2.75) is 26.3 Å². The summed E-state index contributed by atoms with van der Waals surface area (Å²) < 4.78 is 1.71. The molecule has 2 rings (SSSR count). The molecule has 112 valence electrons. The van der Waals surface area contributed by atoms with Crippen LogP contribution in [-0.2, 0) is 6.54 Å². The van der Waals surface area contributed by atoms with Crippen molar-refractivity contribution in [3.8, 4) is 0 Å². The molecule has 0 aromatic carbocycles. The first kappa shape index (κ1) is 15.0. The molecule has 1 aliphatic rings. The largest absolute Gasteiger partial charge is 0.351 e. The Bertz CT molecular complexity index is 473. The van der Waals surface area contributed by atoms with Crippen molar-refractivity contribution in [2.24, 2.45) is 5.73 Å². The molecule has 2 N–H and O–H groups in total. The van der Waals surface area contributed by atoms with Gasteiger partial charge in [-0.05, 0) is 39.4 Å². The highest BCUT2D eigenvalue weighted by Crippen LogP contribution is 2.09. The van der Waals surface area contributed by atoms with E-state index in [1.165, 1.54) is 0 Å². The molecule has 0 spiro atoms. The second-order valence-corrected chi connectivity index (χ2v) is 5.17. The van der Waals surface area contributed by atoms with Crippen LogP contribution in [0.15, 0.2) is 17.2 Å². The predicted octanol–water partition coefficient (Wildman–Crippen LogP) is 0.124. The van der Waals surface area contributed by atoms with Crippen LogP contribution in [0.2, 0.25) is 0 Å². The van der Waals surface area contributed by atoms with Crippen LogP contribution in [0.25, 0.3) is 0 Å². The molecule has 1 saturated heterocycles. The van der Waals surface area contributed by atoms with Gasteiger partial charge in [0.1, 0.15) is 0 Å². The molecule has 0 saturated carbocycles. The average Bonchev–Trinajstić information content (AvgIpc) is 2.71. The van der Waals surface area contributed by atoms with Gasteiger partial charge in [-0.3, -0.25) is 4.79 Å². The van der Waals surface area contributed by atoms with Crippen molar-refractivity contribution < 1.29 is 0 Å². The molecule has 1 fully saturated rings. The normalized spacial score (nSPS) is 17.2. The van der Waals surface area contributed by atoms with E-state index >= 15 is 0 Å². The number of hydrogen-bond donors (Lipinski definition) is 1. The van der Waals surface area contributed by atoms with Crippen molar-refractivity contribution in [3.63, 3.8) is 0 Å². The number of nitrogens with two attached hydrogens (primary N) is 1. The van der Waals surface area contributed by atoms with E-state index in [0.717, 1.165) is 52.1 Å². The highest BCUT2D eigenvalue weighted by atomic mass is 16.1. The number of aromatic nitrogens is 2. The molecular formula is C14H25N5O. The smallest absolute Gasteiger partial charge is 0.293 e. The van der Waals surface area contributed by atoms with E-state index in [1.807, 2.05) is 6.92 Å². The number of anilines is 1. The van der Waals surface area contributed by atoms with Gasteiger partial charge in [0.25, 0.3) is 5.56 Å². The van der Waals surface area contributed by atoms with E-state index in [2.05, 4.69) is 14.8 Å². The van der Waals surface area contributed by atoms with Gasteiger partial charge in [0, 0.05) is 38.6 Å². The van der Waals surface area contributed by atoms with Gasteiger partial charge < -0.3 is 20.1 Å². The zero-order chi connectivity index (χ0) is 14.4. The number of hydrogen-bond acceptors (Lipinski definition) is 5. The van der Waals surface area contributed by atoms with E-state index in [0.29, 0.717) is 12.4 Å². The minimum Gasteiger partial charge on any atom is -0.351 e. The fourth-order valence-corrected chi connectivity index (χ4v) is 2.62. The van der Waals surface area contributed by atoms with Crippen molar-refractivity contribution in [1.82, 2.24) is 14.5 Å². The van der Waals surface area contributed by atoms with E-state index in [1.54, 1.807) is 17.0 Å². The Balaban J connectivity index is 2.05. The summed E-state index contributed by atoms with van der Waals surface area (Å²) in [5.74, 6) is 0.593. The van der Waals surface area contributed by atoms with E-state index in [9.17, 15) is 4.79 Å². The highest BCUT2D eigenvalue weighted by Gasteiger charge is 2.18. The fourth-order valence-electron chi connectivity index (χ4n) is 2.62. The summed E-state index contributed by atoms with van der Waals surface area (Å²) in [6, 6.07) is 0. The molecule has 2 heterocycles. The first-order chi connectivity index (χ1) is 9.76. The SMILES string of the molecule is CCn1ccnc(N2CCCN(CCCN)CC2)c1=O. The number of aryl methyl sites for hydroxylation is 1. The van der Waals surface area contributed by atoms with Crippen LogP contribution in [0.4, 0.5) is 5.82 Å². The lowest BCUT2D eigenvalue weighted by Gasteiger charge is -2.22. The second kappa shape index (κ2) is 7.40. The third-order valence-corrected chi connectivity index (χ3v) is 3.80.